The smallest absolute Gasteiger partial charge is 0.234 e. The maximum absolute atomic E-state index is 12.2. The van der Waals surface area contributed by atoms with Gasteiger partial charge in [-0.25, -0.2) is 0 Å². The van der Waals surface area contributed by atoms with Crippen LogP contribution in [0.15, 0.2) is 53.7 Å². The summed E-state index contributed by atoms with van der Waals surface area (Å²) in [5, 5.41) is 14.7. The molecule has 2 N–H and O–H groups in total. The first-order chi connectivity index (χ1) is 15.0. The van der Waals surface area contributed by atoms with Crippen LogP contribution in [0.1, 0.15) is 17.8 Å². The average molecular weight is 440 g/mol. The number of hydrogen-bond donors (Lipinski definition) is 2. The Labute approximate surface area is 185 Å². The Kier molecular flexibility index (Phi) is 7.66. The molecule has 8 nitrogen and oxygen atoms in total. The Morgan fingerprint density at radius 1 is 1.03 bits per heavy atom. The molecule has 0 aliphatic carbocycles. The molecular weight excluding hydrogens is 414 g/mol. The van der Waals surface area contributed by atoms with Crippen molar-refractivity contribution < 1.29 is 14.3 Å². The number of carbonyl (C=O) groups is 2. The number of nitrogens with one attached hydrogen (secondary N) is 2. The number of amides is 2. The number of aromatic nitrogens is 3. The molecule has 31 heavy (non-hydrogen) atoms. The topological polar surface area (TPSA) is 98.1 Å². The molecule has 0 radical (unpaired) electrons. The van der Waals surface area contributed by atoms with E-state index >= 15 is 0 Å². The van der Waals surface area contributed by atoms with E-state index in [0.717, 1.165) is 17.0 Å². The lowest BCUT2D eigenvalue weighted by molar-refractivity contribution is -0.116. The third kappa shape index (κ3) is 6.32. The maximum Gasteiger partial charge on any atom is 0.234 e. The van der Waals surface area contributed by atoms with E-state index in [1.165, 1.54) is 11.8 Å². The fourth-order valence-corrected chi connectivity index (χ4v) is 3.57. The number of hydrogen-bond acceptors (Lipinski definition) is 6. The molecule has 0 aliphatic rings. The van der Waals surface area contributed by atoms with E-state index in [1.807, 2.05) is 42.8 Å². The van der Waals surface area contributed by atoms with Gasteiger partial charge in [0.25, 0.3) is 0 Å². The summed E-state index contributed by atoms with van der Waals surface area (Å²) in [4.78, 5) is 24.5. The van der Waals surface area contributed by atoms with Gasteiger partial charge in [0.05, 0.1) is 12.9 Å². The van der Waals surface area contributed by atoms with Crippen molar-refractivity contribution in [1.29, 1.82) is 0 Å². The van der Waals surface area contributed by atoms with Gasteiger partial charge < -0.3 is 19.9 Å². The minimum atomic E-state index is -0.111. The molecule has 162 valence electrons. The molecule has 9 heteroatoms. The average Bonchev–Trinajstić information content (AvgIpc) is 3.12. The van der Waals surface area contributed by atoms with Gasteiger partial charge in [-0.1, -0.05) is 30.0 Å². The lowest BCUT2D eigenvalue weighted by Gasteiger charge is -2.08. The summed E-state index contributed by atoms with van der Waals surface area (Å²) < 4.78 is 6.92. The highest BCUT2D eigenvalue weighted by Gasteiger charge is 2.13. The SMILES string of the molecule is COc1ccc(NC(=O)CCc2nnc(SCC(=O)Nc3ccccc3C)n2C)cc1. The number of para-hydroxylation sites is 1. The Balaban J connectivity index is 1.47. The molecule has 0 aliphatic heterocycles. The van der Waals surface area contributed by atoms with Crippen molar-refractivity contribution in [3.63, 3.8) is 0 Å². The third-order valence-electron chi connectivity index (χ3n) is 4.63. The first-order valence-electron chi connectivity index (χ1n) is 9.76. The van der Waals surface area contributed by atoms with E-state index in [1.54, 1.807) is 31.4 Å². The second-order valence-corrected chi connectivity index (χ2v) is 7.83. The summed E-state index contributed by atoms with van der Waals surface area (Å²) in [5.41, 5.74) is 2.52. The molecule has 0 bridgehead atoms. The quantitative estimate of drug-likeness (QED) is 0.496. The summed E-state index contributed by atoms with van der Waals surface area (Å²) in [6.07, 6.45) is 0.720. The monoisotopic (exact) mass is 439 g/mol. The second kappa shape index (κ2) is 10.6. The van der Waals surface area contributed by atoms with Crippen LogP contribution in [-0.4, -0.2) is 39.4 Å². The predicted octanol–water partition coefficient (Wildman–Crippen LogP) is 3.43. The molecule has 0 fully saturated rings. The third-order valence-corrected chi connectivity index (χ3v) is 5.65. The lowest BCUT2D eigenvalue weighted by Crippen LogP contribution is -2.15. The molecule has 0 unspecified atom stereocenters. The van der Waals surface area contributed by atoms with E-state index in [4.69, 9.17) is 4.74 Å². The zero-order valence-electron chi connectivity index (χ0n) is 17.7. The van der Waals surface area contributed by atoms with E-state index in [-0.39, 0.29) is 24.0 Å². The van der Waals surface area contributed by atoms with Crippen LogP contribution >= 0.6 is 11.8 Å². The van der Waals surface area contributed by atoms with Gasteiger partial charge in [-0.3, -0.25) is 9.59 Å². The summed E-state index contributed by atoms with van der Waals surface area (Å²) in [5.74, 6) is 1.42. The van der Waals surface area contributed by atoms with Crippen molar-refractivity contribution in [2.45, 2.75) is 24.9 Å². The van der Waals surface area contributed by atoms with Crippen LogP contribution in [-0.2, 0) is 23.1 Å². The van der Waals surface area contributed by atoms with Crippen molar-refractivity contribution in [3.8, 4) is 5.75 Å². The van der Waals surface area contributed by atoms with Crippen molar-refractivity contribution >= 4 is 35.0 Å². The number of methoxy groups -OCH3 is 1. The Morgan fingerprint density at radius 2 is 1.77 bits per heavy atom. The van der Waals surface area contributed by atoms with E-state index in [0.29, 0.717) is 23.1 Å². The molecule has 2 amide bonds. The van der Waals surface area contributed by atoms with Gasteiger partial charge in [-0.05, 0) is 42.8 Å². The standard InChI is InChI=1S/C22H25N5O3S/c1-15-6-4-5-7-18(15)24-21(29)14-31-22-26-25-19(27(22)2)12-13-20(28)23-16-8-10-17(30-3)11-9-16/h4-11H,12-14H2,1-3H3,(H,23,28)(H,24,29). The molecule has 3 aromatic rings. The van der Waals surface area contributed by atoms with Crippen LogP contribution in [0.3, 0.4) is 0 Å². The summed E-state index contributed by atoms with van der Waals surface area (Å²) in [6, 6.07) is 14.8. The molecule has 2 aromatic carbocycles. The number of ether oxygens (including phenoxy) is 1. The zero-order valence-corrected chi connectivity index (χ0v) is 18.5. The van der Waals surface area contributed by atoms with Crippen LogP contribution < -0.4 is 15.4 Å². The lowest BCUT2D eigenvalue weighted by atomic mass is 10.2. The van der Waals surface area contributed by atoms with Crippen LogP contribution in [0.25, 0.3) is 0 Å². The normalized spacial score (nSPS) is 10.5. The van der Waals surface area contributed by atoms with Crippen LogP contribution in [0.4, 0.5) is 11.4 Å². The summed E-state index contributed by atoms with van der Waals surface area (Å²) in [7, 11) is 3.43. The van der Waals surface area contributed by atoms with E-state index < -0.39 is 0 Å². The second-order valence-electron chi connectivity index (χ2n) is 6.89. The fourth-order valence-electron chi connectivity index (χ4n) is 2.84. The molecule has 0 atom stereocenters. The number of rotatable bonds is 9. The number of anilines is 2. The highest BCUT2D eigenvalue weighted by Crippen LogP contribution is 2.19. The largest absolute Gasteiger partial charge is 0.497 e. The first kappa shape index (κ1) is 22.4. The van der Waals surface area contributed by atoms with Gasteiger partial charge in [0.15, 0.2) is 5.16 Å². The van der Waals surface area contributed by atoms with Crippen LogP contribution in [0.2, 0.25) is 0 Å². The van der Waals surface area contributed by atoms with Crippen molar-refractivity contribution in [2.75, 3.05) is 23.5 Å². The number of carbonyl (C=O) groups excluding carboxylic acids is 2. The fraction of sp³-hybridized carbons (Fsp3) is 0.273. The van der Waals surface area contributed by atoms with Crippen LogP contribution in [0, 0.1) is 6.92 Å². The molecular formula is C22H25N5O3S. The van der Waals surface area contributed by atoms with Gasteiger partial charge >= 0.3 is 0 Å². The molecule has 0 spiro atoms. The van der Waals surface area contributed by atoms with Crippen molar-refractivity contribution in [3.05, 3.63) is 59.9 Å². The molecule has 1 heterocycles. The number of thioether (sulfide) groups is 1. The minimum Gasteiger partial charge on any atom is -0.497 e. The van der Waals surface area contributed by atoms with Gasteiger partial charge in [-0.15, -0.1) is 10.2 Å². The van der Waals surface area contributed by atoms with E-state index in [9.17, 15) is 9.59 Å². The number of aryl methyl sites for hydroxylation is 2. The summed E-state index contributed by atoms with van der Waals surface area (Å²) >= 11 is 1.31. The number of nitrogens with zero attached hydrogens (tertiary/aromatic N) is 3. The zero-order chi connectivity index (χ0) is 22.2. The van der Waals surface area contributed by atoms with Gasteiger partial charge in [-0.2, -0.15) is 0 Å². The number of benzene rings is 2. The summed E-state index contributed by atoms with van der Waals surface area (Å²) in [6.45, 7) is 1.95. The molecule has 1 aromatic heterocycles. The molecule has 3 rings (SSSR count). The highest BCUT2D eigenvalue weighted by atomic mass is 32.2. The highest BCUT2D eigenvalue weighted by molar-refractivity contribution is 7.99. The van der Waals surface area contributed by atoms with E-state index in [2.05, 4.69) is 20.8 Å². The maximum atomic E-state index is 12.2. The van der Waals surface area contributed by atoms with Gasteiger partial charge in [0, 0.05) is 31.3 Å². The van der Waals surface area contributed by atoms with Crippen molar-refractivity contribution in [1.82, 2.24) is 14.8 Å². The molecule has 0 saturated heterocycles. The van der Waals surface area contributed by atoms with Crippen molar-refractivity contribution in [2.24, 2.45) is 7.05 Å². The Hall–Kier alpha value is -3.33. The Morgan fingerprint density at radius 3 is 2.48 bits per heavy atom. The van der Waals surface area contributed by atoms with Crippen LogP contribution in [0.5, 0.6) is 5.75 Å². The molecule has 0 saturated carbocycles. The minimum absolute atomic E-state index is 0.109. The predicted molar refractivity (Wildman–Crippen MR) is 121 cm³/mol. The van der Waals surface area contributed by atoms with Gasteiger partial charge in [0.1, 0.15) is 11.6 Å². The van der Waals surface area contributed by atoms with Gasteiger partial charge in [0.2, 0.25) is 11.8 Å². The Bertz CT molecular complexity index is 1050. The first-order valence-corrected chi connectivity index (χ1v) is 10.8.